The van der Waals surface area contributed by atoms with Gasteiger partial charge in [0.2, 0.25) is 5.91 Å². The first-order chi connectivity index (χ1) is 17.3. The van der Waals surface area contributed by atoms with Crippen molar-refractivity contribution in [2.24, 2.45) is 0 Å². The Kier molecular flexibility index (Phi) is 8.60. The van der Waals surface area contributed by atoms with Crippen molar-refractivity contribution in [3.63, 3.8) is 0 Å². The first kappa shape index (κ1) is 26.1. The van der Waals surface area contributed by atoms with Gasteiger partial charge in [0.25, 0.3) is 0 Å². The number of carbonyl (C=O) groups excluding carboxylic acids is 1. The van der Waals surface area contributed by atoms with Crippen LogP contribution in [0.5, 0.6) is 5.75 Å². The summed E-state index contributed by atoms with van der Waals surface area (Å²) in [4.78, 5) is 20.0. The lowest BCUT2D eigenvalue weighted by Crippen LogP contribution is -2.31. The molecule has 0 fully saturated rings. The van der Waals surface area contributed by atoms with Crippen LogP contribution < -0.4 is 10.1 Å². The zero-order chi connectivity index (χ0) is 25.7. The van der Waals surface area contributed by atoms with Gasteiger partial charge in [0, 0.05) is 36.6 Å². The SMILES string of the molecule is Cc1c(CC(=O)NC(C)C)c(-c2ccc(F)c(Cl)c2)nc2ccc(OCCCN3CC=CCC3)cc12. The third kappa shape index (κ3) is 6.42. The monoisotopic (exact) mass is 509 g/mol. The predicted octanol–water partition coefficient (Wildman–Crippen LogP) is 6.10. The number of benzene rings is 2. The number of fused-ring (bicyclic) bond motifs is 1. The summed E-state index contributed by atoms with van der Waals surface area (Å²) in [5, 5.41) is 3.90. The van der Waals surface area contributed by atoms with E-state index in [1.807, 2.05) is 39.0 Å². The number of aromatic nitrogens is 1. The summed E-state index contributed by atoms with van der Waals surface area (Å²) >= 11 is 6.07. The van der Waals surface area contributed by atoms with E-state index in [1.54, 1.807) is 12.1 Å². The molecule has 0 saturated heterocycles. The van der Waals surface area contributed by atoms with Crippen LogP contribution in [0.3, 0.4) is 0 Å². The molecule has 1 aliphatic heterocycles. The Morgan fingerprint density at radius 3 is 2.78 bits per heavy atom. The lowest BCUT2D eigenvalue weighted by molar-refractivity contribution is -0.120. The zero-order valence-corrected chi connectivity index (χ0v) is 21.9. The molecule has 1 aliphatic rings. The quantitative estimate of drug-likeness (QED) is 0.280. The van der Waals surface area contributed by atoms with Gasteiger partial charge in [-0.2, -0.15) is 0 Å². The van der Waals surface area contributed by atoms with Gasteiger partial charge in [-0.15, -0.1) is 0 Å². The molecule has 2 heterocycles. The number of pyridine rings is 1. The molecule has 3 aromatic rings. The van der Waals surface area contributed by atoms with Crippen LogP contribution in [0.1, 0.15) is 37.8 Å². The van der Waals surface area contributed by atoms with E-state index in [-0.39, 0.29) is 23.4 Å². The number of amides is 1. The van der Waals surface area contributed by atoms with E-state index in [4.69, 9.17) is 21.3 Å². The molecule has 2 aromatic carbocycles. The highest BCUT2D eigenvalue weighted by Crippen LogP contribution is 2.33. The Morgan fingerprint density at radius 1 is 1.22 bits per heavy atom. The van der Waals surface area contributed by atoms with E-state index >= 15 is 0 Å². The van der Waals surface area contributed by atoms with Crippen molar-refractivity contribution in [3.05, 3.63) is 70.5 Å². The van der Waals surface area contributed by atoms with E-state index < -0.39 is 5.82 Å². The molecule has 5 nitrogen and oxygen atoms in total. The molecular weight excluding hydrogens is 477 g/mol. The molecule has 0 bridgehead atoms. The van der Waals surface area contributed by atoms with Crippen molar-refractivity contribution in [1.82, 2.24) is 15.2 Å². The first-order valence-corrected chi connectivity index (χ1v) is 12.9. The minimum absolute atomic E-state index is 0.0222. The van der Waals surface area contributed by atoms with Gasteiger partial charge in [-0.25, -0.2) is 9.37 Å². The summed E-state index contributed by atoms with van der Waals surface area (Å²) < 4.78 is 19.9. The highest BCUT2D eigenvalue weighted by atomic mass is 35.5. The number of nitrogens with one attached hydrogen (secondary N) is 1. The molecule has 0 radical (unpaired) electrons. The van der Waals surface area contributed by atoms with Crippen molar-refractivity contribution < 1.29 is 13.9 Å². The van der Waals surface area contributed by atoms with Crippen LogP contribution in [0, 0.1) is 12.7 Å². The number of hydrogen-bond donors (Lipinski definition) is 1. The molecule has 36 heavy (non-hydrogen) atoms. The van der Waals surface area contributed by atoms with Crippen molar-refractivity contribution in [1.29, 1.82) is 0 Å². The van der Waals surface area contributed by atoms with Crippen molar-refractivity contribution in [3.8, 4) is 17.0 Å². The lowest BCUT2D eigenvalue weighted by Gasteiger charge is -2.22. The van der Waals surface area contributed by atoms with Gasteiger partial charge in [0.05, 0.1) is 29.3 Å². The Morgan fingerprint density at radius 2 is 2.06 bits per heavy atom. The van der Waals surface area contributed by atoms with Crippen molar-refractivity contribution >= 4 is 28.4 Å². The van der Waals surface area contributed by atoms with E-state index in [1.165, 1.54) is 6.07 Å². The maximum absolute atomic E-state index is 13.8. The molecule has 1 N–H and O–H groups in total. The van der Waals surface area contributed by atoms with E-state index in [2.05, 4.69) is 22.4 Å². The predicted molar refractivity (Wildman–Crippen MR) is 144 cm³/mol. The molecule has 0 spiro atoms. The molecular formula is C29H33ClFN3O2. The fourth-order valence-corrected chi connectivity index (χ4v) is 4.71. The van der Waals surface area contributed by atoms with E-state index in [9.17, 15) is 9.18 Å². The molecule has 1 aromatic heterocycles. The van der Waals surface area contributed by atoms with Gasteiger partial charge in [0.1, 0.15) is 11.6 Å². The number of rotatable bonds is 9. The Hall–Kier alpha value is -2.96. The number of nitrogens with zero attached hydrogens (tertiary/aromatic N) is 2. The first-order valence-electron chi connectivity index (χ1n) is 12.5. The largest absolute Gasteiger partial charge is 0.494 e. The third-order valence-electron chi connectivity index (χ3n) is 6.35. The van der Waals surface area contributed by atoms with E-state index in [0.29, 0.717) is 17.9 Å². The molecule has 1 amide bonds. The maximum atomic E-state index is 13.8. The number of aryl methyl sites for hydroxylation is 1. The van der Waals surface area contributed by atoms with Gasteiger partial charge in [-0.1, -0.05) is 23.8 Å². The maximum Gasteiger partial charge on any atom is 0.224 e. The minimum Gasteiger partial charge on any atom is -0.494 e. The summed E-state index contributed by atoms with van der Waals surface area (Å²) in [6, 6.07) is 10.4. The third-order valence-corrected chi connectivity index (χ3v) is 6.64. The second-order valence-electron chi connectivity index (χ2n) is 9.53. The fourth-order valence-electron chi connectivity index (χ4n) is 4.53. The van der Waals surface area contributed by atoms with Gasteiger partial charge in [-0.3, -0.25) is 9.69 Å². The van der Waals surface area contributed by atoms with Crippen LogP contribution in [-0.2, 0) is 11.2 Å². The second-order valence-corrected chi connectivity index (χ2v) is 9.94. The van der Waals surface area contributed by atoms with Crippen molar-refractivity contribution in [2.75, 3.05) is 26.2 Å². The fraction of sp³-hybridized carbons (Fsp3) is 0.379. The highest BCUT2D eigenvalue weighted by molar-refractivity contribution is 6.31. The van der Waals surface area contributed by atoms with Crippen LogP contribution in [0.15, 0.2) is 48.6 Å². The normalized spacial score (nSPS) is 13.9. The number of carbonyl (C=O) groups is 1. The standard InChI is InChI=1S/C29H33ClFN3O2/c1-19(2)32-28(35)18-24-20(3)23-17-22(36-15-7-14-34-12-5-4-6-13-34)9-11-27(23)33-29(24)21-8-10-26(31)25(30)16-21/h4-5,8-11,16-17,19H,6-7,12-15,18H2,1-3H3,(H,32,35). The number of halogens is 2. The molecule has 190 valence electrons. The van der Waals surface area contributed by atoms with Gasteiger partial charge in [0.15, 0.2) is 0 Å². The summed E-state index contributed by atoms with van der Waals surface area (Å²) in [6.07, 6.45) is 6.67. The summed E-state index contributed by atoms with van der Waals surface area (Å²) in [6.45, 7) is 9.60. The highest BCUT2D eigenvalue weighted by Gasteiger charge is 2.19. The topological polar surface area (TPSA) is 54.5 Å². The van der Waals surface area contributed by atoms with Crippen LogP contribution in [0.25, 0.3) is 22.2 Å². The Bertz CT molecular complexity index is 1280. The summed E-state index contributed by atoms with van der Waals surface area (Å²) in [5.74, 6) is 0.195. The molecule has 0 aliphatic carbocycles. The number of hydrogen-bond acceptors (Lipinski definition) is 4. The van der Waals surface area contributed by atoms with Gasteiger partial charge in [-0.05, 0) is 81.1 Å². The molecule has 7 heteroatoms. The molecule has 4 rings (SSSR count). The average molecular weight is 510 g/mol. The molecule has 0 unspecified atom stereocenters. The number of ether oxygens (including phenoxy) is 1. The van der Waals surface area contributed by atoms with E-state index in [0.717, 1.165) is 60.3 Å². The summed E-state index contributed by atoms with van der Waals surface area (Å²) in [7, 11) is 0. The van der Waals surface area contributed by atoms with Crippen LogP contribution in [0.4, 0.5) is 4.39 Å². The second kappa shape index (κ2) is 11.8. The Labute approximate surface area is 217 Å². The minimum atomic E-state index is -0.490. The smallest absolute Gasteiger partial charge is 0.224 e. The van der Waals surface area contributed by atoms with Crippen molar-refractivity contribution in [2.45, 2.75) is 46.1 Å². The average Bonchev–Trinajstić information content (AvgIpc) is 2.85. The molecule has 0 atom stereocenters. The zero-order valence-electron chi connectivity index (χ0n) is 21.1. The van der Waals surface area contributed by atoms with Gasteiger partial charge < -0.3 is 10.1 Å². The lowest BCUT2D eigenvalue weighted by atomic mass is 9.95. The van der Waals surface area contributed by atoms with Gasteiger partial charge >= 0.3 is 0 Å². The summed E-state index contributed by atoms with van der Waals surface area (Å²) in [5.41, 5.74) is 3.82. The van der Waals surface area contributed by atoms with Crippen LogP contribution >= 0.6 is 11.6 Å². The molecule has 0 saturated carbocycles. The van der Waals surface area contributed by atoms with Crippen LogP contribution in [-0.4, -0.2) is 48.1 Å². The Balaban J connectivity index is 1.61. The van der Waals surface area contributed by atoms with Crippen LogP contribution in [0.2, 0.25) is 5.02 Å².